The van der Waals surface area contributed by atoms with Gasteiger partial charge in [-0.15, -0.1) is 35.9 Å². The number of benzene rings is 2. The van der Waals surface area contributed by atoms with E-state index in [-0.39, 0.29) is 21.1 Å². The average Bonchev–Trinajstić information content (AvgIpc) is 2.70. The smallest absolute Gasteiger partial charge is 0.295 e. The molecule has 0 unspecified atom stereocenters. The van der Waals surface area contributed by atoms with Crippen molar-refractivity contribution in [2.75, 3.05) is 0 Å². The van der Waals surface area contributed by atoms with Gasteiger partial charge in [-0.25, -0.2) is 4.98 Å². The van der Waals surface area contributed by atoms with Gasteiger partial charge >= 0.3 is 21.1 Å². The van der Waals surface area contributed by atoms with E-state index in [0.717, 1.165) is 32.6 Å². The molecule has 2 aromatic heterocycles. The third-order valence-corrected chi connectivity index (χ3v) is 4.53. The first-order valence-electron chi connectivity index (χ1n) is 7.95. The molecule has 2 heterocycles. The van der Waals surface area contributed by atoms with E-state index in [4.69, 9.17) is 9.97 Å². The van der Waals surface area contributed by atoms with Gasteiger partial charge in [-0.3, -0.25) is 4.98 Å². The molecule has 0 aliphatic rings. The van der Waals surface area contributed by atoms with E-state index < -0.39 is 0 Å². The normalized spacial score (nSPS) is 10.2. The van der Waals surface area contributed by atoms with Crippen molar-refractivity contribution < 1.29 is 21.1 Å². The molecule has 0 aliphatic carbocycles. The summed E-state index contributed by atoms with van der Waals surface area (Å²) in [5, 5.41) is 0.929. The summed E-state index contributed by atoms with van der Waals surface area (Å²) >= 11 is 1.60. The minimum absolute atomic E-state index is 0. The molecule has 4 aromatic rings. The molecule has 26 heavy (non-hydrogen) atoms. The first-order valence-corrected chi connectivity index (χ1v) is 8.76. The van der Waals surface area contributed by atoms with Crippen LogP contribution in [0, 0.1) is 12.1 Å². The molecule has 4 heteroatoms. The maximum Gasteiger partial charge on any atom is 2.00 e. The molecule has 0 saturated carbocycles. The van der Waals surface area contributed by atoms with Gasteiger partial charge in [0.05, 0.1) is 16.4 Å². The second kappa shape index (κ2) is 8.93. The fraction of sp³-hybridized carbons (Fsp3) is 0. The number of pyridine rings is 2. The van der Waals surface area contributed by atoms with Crippen molar-refractivity contribution >= 4 is 11.8 Å². The Labute approximate surface area is 172 Å². The molecule has 0 aliphatic heterocycles. The van der Waals surface area contributed by atoms with Crippen LogP contribution in [0.1, 0.15) is 0 Å². The van der Waals surface area contributed by atoms with Gasteiger partial charge in [-0.1, -0.05) is 34.9 Å². The molecule has 0 N–H and O–H groups in total. The zero-order valence-electron chi connectivity index (χ0n) is 13.7. The molecule has 2 nitrogen and oxygen atoms in total. The third-order valence-electron chi connectivity index (χ3n) is 3.62. The summed E-state index contributed by atoms with van der Waals surface area (Å²) in [6.45, 7) is 0. The van der Waals surface area contributed by atoms with E-state index in [1.165, 1.54) is 0 Å². The summed E-state index contributed by atoms with van der Waals surface area (Å²) in [4.78, 5) is 10.5. The molecule has 0 amide bonds. The molecule has 0 bridgehead atoms. The maximum absolute atomic E-state index is 4.75. The zero-order valence-corrected chi connectivity index (χ0v) is 16.8. The van der Waals surface area contributed by atoms with Crippen molar-refractivity contribution in [2.45, 2.75) is 9.92 Å². The summed E-state index contributed by atoms with van der Waals surface area (Å²) in [7, 11) is 0. The van der Waals surface area contributed by atoms with Gasteiger partial charge in [0.2, 0.25) is 0 Å². The van der Waals surface area contributed by atoms with Crippen molar-refractivity contribution in [2.24, 2.45) is 0 Å². The van der Waals surface area contributed by atoms with Crippen molar-refractivity contribution in [3.05, 3.63) is 97.1 Å². The minimum Gasteiger partial charge on any atom is -0.295 e. The number of hydrogen-bond acceptors (Lipinski definition) is 3. The standard InChI is InChI=1S/C22H14N2S.Pt/c1-3-9-17(10-4-1)19-13-7-14-20(23-19)21-15-8-16-22(24-21)25-18-11-5-2-6-12-18;/h1-9,11,13-16H;/q-2;+2. The molecule has 0 spiro atoms. The molecule has 4 rings (SSSR count). The largest absolute Gasteiger partial charge is 2.00 e. The predicted octanol–water partition coefficient (Wildman–Crippen LogP) is 5.56. The Morgan fingerprint density at radius 3 is 2.04 bits per heavy atom. The van der Waals surface area contributed by atoms with Crippen LogP contribution in [0.15, 0.2) is 94.9 Å². The zero-order chi connectivity index (χ0) is 16.9. The first-order chi connectivity index (χ1) is 12.4. The summed E-state index contributed by atoms with van der Waals surface area (Å²) < 4.78 is 0. The van der Waals surface area contributed by atoms with Crippen molar-refractivity contribution in [1.82, 2.24) is 9.97 Å². The first kappa shape index (κ1) is 18.6. The van der Waals surface area contributed by atoms with E-state index in [0.29, 0.717) is 0 Å². The Kier molecular flexibility index (Phi) is 6.38. The minimum atomic E-state index is 0. The molecular formula is C22H14N2PtS. The van der Waals surface area contributed by atoms with Gasteiger partial charge in [0, 0.05) is 0 Å². The molecule has 0 atom stereocenters. The third kappa shape index (κ3) is 4.49. The van der Waals surface area contributed by atoms with E-state index >= 15 is 0 Å². The van der Waals surface area contributed by atoms with Crippen LogP contribution in [0.25, 0.3) is 22.6 Å². The average molecular weight is 534 g/mol. The van der Waals surface area contributed by atoms with E-state index in [1.807, 2.05) is 84.9 Å². The van der Waals surface area contributed by atoms with Crippen LogP contribution < -0.4 is 0 Å². The predicted molar refractivity (Wildman–Crippen MR) is 101 cm³/mol. The van der Waals surface area contributed by atoms with E-state index in [1.54, 1.807) is 11.8 Å². The van der Waals surface area contributed by atoms with E-state index in [9.17, 15) is 0 Å². The Balaban J connectivity index is 0.00000196. The van der Waals surface area contributed by atoms with Crippen LogP contribution in [-0.2, 0) is 21.1 Å². The summed E-state index contributed by atoms with van der Waals surface area (Å²) in [5.74, 6) is 0. The summed E-state index contributed by atoms with van der Waals surface area (Å²) in [6.07, 6.45) is 0. The summed E-state index contributed by atoms with van der Waals surface area (Å²) in [5.41, 5.74) is 3.59. The Morgan fingerprint density at radius 1 is 0.615 bits per heavy atom. The van der Waals surface area contributed by atoms with Crippen LogP contribution in [0.4, 0.5) is 0 Å². The fourth-order valence-electron chi connectivity index (χ4n) is 2.45. The van der Waals surface area contributed by atoms with Crippen LogP contribution in [0.3, 0.4) is 0 Å². The van der Waals surface area contributed by atoms with Crippen LogP contribution in [-0.4, -0.2) is 9.97 Å². The number of hydrogen-bond donors (Lipinski definition) is 0. The van der Waals surface area contributed by atoms with Crippen molar-refractivity contribution in [1.29, 1.82) is 0 Å². The number of rotatable bonds is 4. The maximum atomic E-state index is 4.75. The molecule has 0 saturated heterocycles. The Bertz CT molecular complexity index is 975. The Hall–Kier alpha value is -2.22. The van der Waals surface area contributed by atoms with Gasteiger partial charge in [0.25, 0.3) is 0 Å². The Morgan fingerprint density at radius 2 is 1.31 bits per heavy atom. The second-order valence-electron chi connectivity index (χ2n) is 5.37. The van der Waals surface area contributed by atoms with Crippen molar-refractivity contribution in [3.8, 4) is 22.6 Å². The van der Waals surface area contributed by atoms with Gasteiger partial charge in [-0.05, 0) is 23.9 Å². The number of aromatic nitrogens is 2. The van der Waals surface area contributed by atoms with Gasteiger partial charge in [-0.2, -0.15) is 30.3 Å². The summed E-state index contributed by atoms with van der Waals surface area (Å²) in [6, 6.07) is 34.2. The number of nitrogens with zero attached hydrogens (tertiary/aromatic N) is 2. The van der Waals surface area contributed by atoms with Crippen molar-refractivity contribution in [3.63, 3.8) is 0 Å². The van der Waals surface area contributed by atoms with Crippen LogP contribution in [0.5, 0.6) is 0 Å². The van der Waals surface area contributed by atoms with Gasteiger partial charge in [0.1, 0.15) is 0 Å². The topological polar surface area (TPSA) is 25.8 Å². The molecule has 0 radical (unpaired) electrons. The second-order valence-corrected chi connectivity index (χ2v) is 6.44. The van der Waals surface area contributed by atoms with Gasteiger partial charge in [0.15, 0.2) is 0 Å². The fourth-order valence-corrected chi connectivity index (χ4v) is 3.24. The van der Waals surface area contributed by atoms with Crippen LogP contribution in [0.2, 0.25) is 0 Å². The molecule has 128 valence electrons. The van der Waals surface area contributed by atoms with Gasteiger partial charge < -0.3 is 0 Å². The van der Waals surface area contributed by atoms with Crippen LogP contribution >= 0.6 is 11.8 Å². The monoisotopic (exact) mass is 533 g/mol. The molecule has 0 fully saturated rings. The SMILES string of the molecule is [Pt+2].[c-]1ccccc1Sc1cccc(-c2cccc(-c3[c-]cccc3)n2)n1. The quantitative estimate of drug-likeness (QED) is 0.322. The molecular weight excluding hydrogens is 519 g/mol. The molecule has 2 aromatic carbocycles. The van der Waals surface area contributed by atoms with E-state index in [2.05, 4.69) is 12.1 Å².